The van der Waals surface area contributed by atoms with Crippen molar-refractivity contribution in [3.63, 3.8) is 0 Å². The van der Waals surface area contributed by atoms with Crippen LogP contribution in [0.5, 0.6) is 0 Å². The predicted molar refractivity (Wildman–Crippen MR) is 127 cm³/mol. The van der Waals surface area contributed by atoms with Gasteiger partial charge in [-0.3, -0.25) is 29.2 Å². The Kier molecular flexibility index (Phi) is 5.43. The third kappa shape index (κ3) is 3.82. The minimum atomic E-state index is -3.16. The molecule has 2 aliphatic rings. The van der Waals surface area contributed by atoms with Crippen LogP contribution in [0.4, 0.5) is 5.69 Å². The van der Waals surface area contributed by atoms with Gasteiger partial charge in [0.2, 0.25) is 5.91 Å². The Morgan fingerprint density at radius 1 is 1.38 bits per heavy atom. The third-order valence-corrected chi connectivity index (χ3v) is 7.28. The molecule has 1 aromatic carbocycles. The first-order valence-electron chi connectivity index (χ1n) is 9.67. The van der Waals surface area contributed by atoms with Gasteiger partial charge in [-0.1, -0.05) is 17.5 Å². The molecule has 4 rings (SSSR count). The number of hydrogen-bond acceptors (Lipinski definition) is 6. The molecule has 1 fully saturated rings. The average molecular weight is 472 g/mol. The molecule has 32 heavy (non-hydrogen) atoms. The van der Waals surface area contributed by atoms with E-state index in [4.69, 9.17) is 17.0 Å². The van der Waals surface area contributed by atoms with Gasteiger partial charge in [0, 0.05) is 29.5 Å². The number of guanidine groups is 1. The normalized spacial score (nSPS) is 22.3. The number of nitrogens with zero attached hydrogens (tertiary/aromatic N) is 2. The molecule has 166 valence electrons. The van der Waals surface area contributed by atoms with E-state index in [1.807, 2.05) is 6.92 Å². The highest BCUT2D eigenvalue weighted by Crippen LogP contribution is 2.58. The van der Waals surface area contributed by atoms with Crippen molar-refractivity contribution in [3.8, 4) is 11.8 Å². The summed E-state index contributed by atoms with van der Waals surface area (Å²) < 4.78 is 21.1. The topological polar surface area (TPSA) is 122 Å². The van der Waals surface area contributed by atoms with Crippen molar-refractivity contribution in [2.75, 3.05) is 12.4 Å². The molecule has 1 unspecified atom stereocenters. The highest BCUT2D eigenvalue weighted by atomic mass is 35.5. The fourth-order valence-corrected chi connectivity index (χ4v) is 5.44. The van der Waals surface area contributed by atoms with E-state index in [1.54, 1.807) is 44.4 Å². The van der Waals surface area contributed by atoms with Crippen LogP contribution in [0.2, 0.25) is 5.02 Å². The molecule has 2 aromatic rings. The molecule has 1 aromatic heterocycles. The summed E-state index contributed by atoms with van der Waals surface area (Å²) in [5, 5.41) is 16.1. The van der Waals surface area contributed by atoms with Crippen LogP contribution in [0.1, 0.15) is 37.1 Å². The zero-order valence-electron chi connectivity index (χ0n) is 17.7. The number of pyridine rings is 1. The molecular formula is C22H22ClN5O3S. The van der Waals surface area contributed by atoms with E-state index >= 15 is 0 Å². The minimum Gasteiger partial charge on any atom is -0.353 e. The van der Waals surface area contributed by atoms with Gasteiger partial charge in [0.15, 0.2) is 5.96 Å². The number of aromatic nitrogens is 1. The number of anilines is 1. The van der Waals surface area contributed by atoms with Crippen LogP contribution in [0.25, 0.3) is 5.70 Å². The molecule has 0 radical (unpaired) electrons. The first kappa shape index (κ1) is 22.2. The summed E-state index contributed by atoms with van der Waals surface area (Å²) in [5.74, 6) is 5.44. The molecule has 1 amide bonds. The van der Waals surface area contributed by atoms with Gasteiger partial charge in [-0.05, 0) is 43.7 Å². The van der Waals surface area contributed by atoms with E-state index in [0.717, 1.165) is 0 Å². The number of amides is 1. The molecule has 1 atom stereocenters. The number of halogens is 1. The molecule has 1 saturated heterocycles. The first-order chi connectivity index (χ1) is 15.0. The molecule has 10 heteroatoms. The van der Waals surface area contributed by atoms with E-state index in [-0.39, 0.29) is 18.3 Å². The van der Waals surface area contributed by atoms with Gasteiger partial charge in [0.05, 0.1) is 28.0 Å². The second-order valence-electron chi connectivity index (χ2n) is 7.83. The van der Waals surface area contributed by atoms with Crippen LogP contribution in [-0.4, -0.2) is 37.9 Å². The van der Waals surface area contributed by atoms with Crippen molar-refractivity contribution in [2.45, 2.75) is 30.7 Å². The fraction of sp³-hybridized carbons (Fsp3) is 0.227. The number of carbonyl (C=O) groups is 1. The Hall–Kier alpha value is -3.03. The number of benzene rings is 1. The van der Waals surface area contributed by atoms with Crippen LogP contribution in [0.3, 0.4) is 0 Å². The van der Waals surface area contributed by atoms with E-state index in [1.165, 1.54) is 10.3 Å². The van der Waals surface area contributed by atoms with Crippen LogP contribution < -0.4 is 10.6 Å². The minimum absolute atomic E-state index is 0.00488. The second-order valence-corrected chi connectivity index (χ2v) is 10.1. The van der Waals surface area contributed by atoms with Crippen molar-refractivity contribution < 1.29 is 13.9 Å². The van der Waals surface area contributed by atoms with Crippen LogP contribution in [0, 0.1) is 17.3 Å². The maximum absolute atomic E-state index is 12.4. The molecule has 8 nitrogen and oxygen atoms in total. The van der Waals surface area contributed by atoms with Crippen molar-refractivity contribution in [1.82, 2.24) is 15.2 Å². The Balaban J connectivity index is 1.68. The van der Waals surface area contributed by atoms with Gasteiger partial charge in [-0.15, -0.1) is 16.5 Å². The van der Waals surface area contributed by atoms with E-state index in [0.29, 0.717) is 38.1 Å². The van der Waals surface area contributed by atoms with Crippen molar-refractivity contribution in [2.24, 2.45) is 0 Å². The SMILES string of the molecule is CC#Cc1cnc2c(c1)S(O)(O)C=C2Nc1ccc(Cl)c(C2(C)CC(=O)N(C)C(=N)N2)c1. The maximum atomic E-state index is 12.4. The third-order valence-electron chi connectivity index (χ3n) is 5.43. The van der Waals surface area contributed by atoms with Gasteiger partial charge < -0.3 is 10.6 Å². The molecule has 3 heterocycles. The fourth-order valence-electron chi connectivity index (χ4n) is 3.74. The summed E-state index contributed by atoms with van der Waals surface area (Å²) >= 11 is 6.46. The number of hydrogen-bond donors (Lipinski definition) is 5. The summed E-state index contributed by atoms with van der Waals surface area (Å²) in [5.41, 5.74) is 1.88. The van der Waals surface area contributed by atoms with Gasteiger partial charge in [0.1, 0.15) is 5.69 Å². The number of carbonyl (C=O) groups excluding carboxylic acids is 1. The van der Waals surface area contributed by atoms with E-state index in [9.17, 15) is 13.9 Å². The first-order valence-corrected chi connectivity index (χ1v) is 11.7. The maximum Gasteiger partial charge on any atom is 0.231 e. The van der Waals surface area contributed by atoms with Crippen LogP contribution in [0.15, 0.2) is 40.8 Å². The summed E-state index contributed by atoms with van der Waals surface area (Å²) in [6, 6.07) is 6.86. The van der Waals surface area contributed by atoms with E-state index in [2.05, 4.69) is 27.5 Å². The largest absolute Gasteiger partial charge is 0.353 e. The highest BCUT2D eigenvalue weighted by Gasteiger charge is 2.39. The van der Waals surface area contributed by atoms with Gasteiger partial charge >= 0.3 is 0 Å². The lowest BCUT2D eigenvalue weighted by Crippen LogP contribution is -2.58. The molecule has 5 N–H and O–H groups in total. The van der Waals surface area contributed by atoms with E-state index < -0.39 is 16.1 Å². The number of rotatable bonds is 3. The van der Waals surface area contributed by atoms with Crippen LogP contribution >= 0.6 is 22.2 Å². The molecular weight excluding hydrogens is 450 g/mol. The second kappa shape index (κ2) is 7.83. The summed E-state index contributed by atoms with van der Waals surface area (Å²) in [7, 11) is -1.61. The van der Waals surface area contributed by atoms with Gasteiger partial charge in [-0.2, -0.15) is 0 Å². The van der Waals surface area contributed by atoms with Crippen LogP contribution in [-0.2, 0) is 10.3 Å². The monoisotopic (exact) mass is 471 g/mol. The summed E-state index contributed by atoms with van der Waals surface area (Å²) in [6.07, 6.45) is 1.71. The Bertz CT molecular complexity index is 1230. The molecule has 0 aliphatic carbocycles. The molecule has 0 spiro atoms. The number of fused-ring (bicyclic) bond motifs is 1. The Morgan fingerprint density at radius 2 is 2.12 bits per heavy atom. The lowest BCUT2D eigenvalue weighted by Gasteiger charge is -2.40. The summed E-state index contributed by atoms with van der Waals surface area (Å²) in [6.45, 7) is 3.51. The lowest BCUT2D eigenvalue weighted by atomic mass is 9.86. The number of nitrogens with one attached hydrogen (secondary N) is 3. The average Bonchev–Trinajstić information content (AvgIpc) is 2.97. The quantitative estimate of drug-likeness (QED) is 0.427. The molecule has 0 saturated carbocycles. The molecule has 0 bridgehead atoms. The molecule has 2 aliphatic heterocycles. The Labute approximate surface area is 192 Å². The standard InChI is InChI=1S/C22H22ClN5O3S/c1-4-5-13-8-18-20(25-11-13)17(12-32(18,30)31)26-14-6-7-16(23)15(9-14)22(2)10-19(29)28(3)21(24)27-22/h6-9,11-12,26,30-31H,10H2,1-3H3,(H2,24,27). The van der Waals surface area contributed by atoms with Crippen molar-refractivity contribution >= 4 is 45.4 Å². The smallest absolute Gasteiger partial charge is 0.231 e. The zero-order valence-corrected chi connectivity index (χ0v) is 19.2. The predicted octanol–water partition coefficient (Wildman–Crippen LogP) is 4.24. The van der Waals surface area contributed by atoms with Gasteiger partial charge in [0.25, 0.3) is 0 Å². The van der Waals surface area contributed by atoms with Gasteiger partial charge in [-0.25, -0.2) is 0 Å². The Morgan fingerprint density at radius 3 is 2.81 bits per heavy atom. The van der Waals surface area contributed by atoms with Crippen molar-refractivity contribution in [1.29, 1.82) is 5.41 Å². The van der Waals surface area contributed by atoms with Crippen molar-refractivity contribution in [3.05, 3.63) is 57.7 Å². The highest BCUT2D eigenvalue weighted by molar-refractivity contribution is 8.27. The lowest BCUT2D eigenvalue weighted by molar-refractivity contribution is -0.129. The zero-order chi connectivity index (χ0) is 23.3. The summed E-state index contributed by atoms with van der Waals surface area (Å²) in [4.78, 5) is 18.3.